The molecule has 1 unspecified atom stereocenters. The molecule has 1 atom stereocenters. The molecule has 0 bridgehead atoms. The van der Waals surface area contributed by atoms with E-state index in [1.54, 1.807) is 19.1 Å². The number of hydrogen-bond donors (Lipinski definition) is 1. The molecule has 0 radical (unpaired) electrons. The van der Waals surface area contributed by atoms with Gasteiger partial charge in [0, 0.05) is 11.6 Å². The fraction of sp³-hybridized carbons (Fsp3) is 0.571. The van der Waals surface area contributed by atoms with Crippen molar-refractivity contribution in [2.75, 3.05) is 12.4 Å². The van der Waals surface area contributed by atoms with Gasteiger partial charge in [-0.2, -0.15) is 12.6 Å². The van der Waals surface area contributed by atoms with Crippen molar-refractivity contribution in [3.63, 3.8) is 0 Å². The van der Waals surface area contributed by atoms with Crippen LogP contribution in [0.3, 0.4) is 0 Å². The van der Waals surface area contributed by atoms with Gasteiger partial charge in [-0.1, -0.05) is 6.92 Å². The predicted octanol–water partition coefficient (Wildman–Crippen LogP) is 3.94. The molecule has 0 aromatic heterocycles. The van der Waals surface area contributed by atoms with Crippen LogP contribution in [-0.2, 0) is 0 Å². The number of nitrogens with zero attached hydrogens (tertiary/aromatic N) is 1. The summed E-state index contributed by atoms with van der Waals surface area (Å²) in [6.45, 7) is 6.37. The summed E-state index contributed by atoms with van der Waals surface area (Å²) in [6.07, 6.45) is 2.04. The van der Waals surface area contributed by atoms with E-state index >= 15 is 0 Å². The molecule has 0 aliphatic heterocycles. The summed E-state index contributed by atoms with van der Waals surface area (Å²) in [6, 6.07) is 3.32. The van der Waals surface area contributed by atoms with Crippen molar-refractivity contribution in [3.8, 4) is 5.75 Å². The number of ether oxygens (including phenoxy) is 1. The lowest BCUT2D eigenvalue weighted by atomic mass is 10.1. The number of thiol groups is 1. The maximum Gasteiger partial charge on any atom is 0.272 e. The summed E-state index contributed by atoms with van der Waals surface area (Å²) in [4.78, 5) is 10.5. The highest BCUT2D eigenvalue weighted by molar-refractivity contribution is 7.80. The minimum atomic E-state index is -0.360. The highest BCUT2D eigenvalue weighted by Crippen LogP contribution is 2.27. The van der Waals surface area contributed by atoms with Gasteiger partial charge < -0.3 is 4.74 Å². The molecule has 0 aliphatic carbocycles. The zero-order chi connectivity index (χ0) is 14.4. The molecular weight excluding hydrogens is 262 g/mol. The smallest absolute Gasteiger partial charge is 0.272 e. The number of nitro benzene ring substituents is 1. The molecule has 1 rings (SSSR count). The minimum Gasteiger partial charge on any atom is -0.493 e. The van der Waals surface area contributed by atoms with Gasteiger partial charge in [-0.15, -0.1) is 0 Å². The van der Waals surface area contributed by atoms with E-state index in [1.165, 1.54) is 0 Å². The van der Waals surface area contributed by atoms with Gasteiger partial charge in [0.15, 0.2) is 0 Å². The highest BCUT2D eigenvalue weighted by atomic mass is 32.1. The van der Waals surface area contributed by atoms with Gasteiger partial charge in [-0.3, -0.25) is 10.1 Å². The third-order valence-electron chi connectivity index (χ3n) is 3.18. The summed E-state index contributed by atoms with van der Waals surface area (Å²) >= 11 is 4.21. The van der Waals surface area contributed by atoms with Crippen molar-refractivity contribution in [2.24, 2.45) is 5.92 Å². The number of hydrogen-bond acceptors (Lipinski definition) is 4. The van der Waals surface area contributed by atoms with Crippen LogP contribution in [-0.4, -0.2) is 17.3 Å². The molecule has 0 N–H and O–H groups in total. The van der Waals surface area contributed by atoms with Crippen molar-refractivity contribution in [3.05, 3.63) is 33.4 Å². The highest BCUT2D eigenvalue weighted by Gasteiger charge is 2.14. The number of benzene rings is 1. The summed E-state index contributed by atoms with van der Waals surface area (Å²) < 4.78 is 5.72. The molecule has 5 heteroatoms. The van der Waals surface area contributed by atoms with Gasteiger partial charge in [0.05, 0.1) is 11.5 Å². The van der Waals surface area contributed by atoms with Gasteiger partial charge in [-0.25, -0.2) is 0 Å². The Morgan fingerprint density at radius 2 is 2.00 bits per heavy atom. The van der Waals surface area contributed by atoms with E-state index in [0.717, 1.165) is 29.9 Å². The fourth-order valence-corrected chi connectivity index (χ4v) is 2.30. The second-order valence-electron chi connectivity index (χ2n) is 4.92. The lowest BCUT2D eigenvalue weighted by Crippen LogP contribution is -2.06. The zero-order valence-electron chi connectivity index (χ0n) is 11.7. The van der Waals surface area contributed by atoms with Gasteiger partial charge in [0.2, 0.25) is 0 Å². The van der Waals surface area contributed by atoms with Gasteiger partial charge >= 0.3 is 0 Å². The van der Waals surface area contributed by atoms with Crippen LogP contribution in [0.4, 0.5) is 5.69 Å². The van der Waals surface area contributed by atoms with Crippen molar-refractivity contribution in [2.45, 2.75) is 33.6 Å². The van der Waals surface area contributed by atoms with E-state index in [0.29, 0.717) is 18.1 Å². The Morgan fingerprint density at radius 1 is 1.32 bits per heavy atom. The van der Waals surface area contributed by atoms with E-state index in [9.17, 15) is 10.1 Å². The van der Waals surface area contributed by atoms with Crippen LogP contribution in [0.5, 0.6) is 5.75 Å². The Morgan fingerprint density at radius 3 is 2.58 bits per heavy atom. The molecule has 0 fully saturated rings. The van der Waals surface area contributed by atoms with E-state index in [1.807, 2.05) is 6.92 Å². The molecule has 0 aliphatic rings. The first kappa shape index (κ1) is 15.8. The van der Waals surface area contributed by atoms with Gasteiger partial charge in [0.1, 0.15) is 5.75 Å². The molecule has 0 heterocycles. The van der Waals surface area contributed by atoms with Crippen LogP contribution in [0.2, 0.25) is 0 Å². The Kier molecular flexibility index (Phi) is 6.15. The monoisotopic (exact) mass is 283 g/mol. The predicted molar refractivity (Wildman–Crippen MR) is 80.3 cm³/mol. The van der Waals surface area contributed by atoms with Crippen LogP contribution < -0.4 is 4.74 Å². The average molecular weight is 283 g/mol. The molecule has 4 nitrogen and oxygen atoms in total. The quantitative estimate of drug-likeness (QED) is 0.468. The summed E-state index contributed by atoms with van der Waals surface area (Å²) in [5.41, 5.74) is 1.58. The molecule has 0 spiro atoms. The number of rotatable bonds is 7. The minimum absolute atomic E-state index is 0.147. The van der Waals surface area contributed by atoms with E-state index in [2.05, 4.69) is 19.6 Å². The molecule has 0 saturated carbocycles. The topological polar surface area (TPSA) is 52.4 Å². The molecule has 106 valence electrons. The third kappa shape index (κ3) is 4.74. The largest absolute Gasteiger partial charge is 0.493 e. The lowest BCUT2D eigenvalue weighted by molar-refractivity contribution is -0.385. The van der Waals surface area contributed by atoms with Crippen LogP contribution in [0.15, 0.2) is 12.1 Å². The van der Waals surface area contributed by atoms with Crippen molar-refractivity contribution >= 4 is 18.3 Å². The fourth-order valence-electron chi connectivity index (χ4n) is 1.86. The lowest BCUT2D eigenvalue weighted by Gasteiger charge is -2.13. The molecule has 1 aromatic carbocycles. The maximum absolute atomic E-state index is 10.8. The summed E-state index contributed by atoms with van der Waals surface area (Å²) in [5.74, 6) is 2.20. The van der Waals surface area contributed by atoms with E-state index < -0.39 is 0 Å². The Balaban J connectivity index is 2.65. The zero-order valence-corrected chi connectivity index (χ0v) is 12.6. The standard InChI is InChI=1S/C14H21NO3S/c1-10(5-7-19)4-6-18-14-9-11(2)13(15(16)17)8-12(14)3/h8-10,19H,4-7H2,1-3H3. The SMILES string of the molecule is Cc1cc([N+](=O)[O-])c(C)cc1OCCC(C)CCS. The first-order valence-corrected chi connectivity index (χ1v) is 7.08. The number of aryl methyl sites for hydroxylation is 2. The van der Waals surface area contributed by atoms with Crippen molar-refractivity contribution in [1.82, 2.24) is 0 Å². The summed E-state index contributed by atoms with van der Waals surface area (Å²) in [7, 11) is 0. The Hall–Kier alpha value is -1.23. The second kappa shape index (κ2) is 7.38. The normalized spacial score (nSPS) is 12.2. The van der Waals surface area contributed by atoms with Crippen molar-refractivity contribution in [1.29, 1.82) is 0 Å². The molecule has 0 saturated heterocycles. The van der Waals surface area contributed by atoms with Crippen LogP contribution in [0.1, 0.15) is 30.9 Å². The van der Waals surface area contributed by atoms with E-state index in [-0.39, 0.29) is 10.6 Å². The van der Waals surface area contributed by atoms with Gasteiger partial charge in [0.25, 0.3) is 5.69 Å². The Bertz CT molecular complexity index is 449. The first-order chi connectivity index (χ1) is 8.95. The third-order valence-corrected chi connectivity index (χ3v) is 3.44. The maximum atomic E-state index is 10.8. The van der Waals surface area contributed by atoms with Gasteiger partial charge in [-0.05, 0) is 50.0 Å². The summed E-state index contributed by atoms with van der Waals surface area (Å²) in [5, 5.41) is 10.8. The Labute approximate surface area is 119 Å². The number of nitro groups is 1. The molecular formula is C14H21NO3S. The average Bonchev–Trinajstić information content (AvgIpc) is 2.33. The molecule has 1 aromatic rings. The molecule has 0 amide bonds. The van der Waals surface area contributed by atoms with Crippen molar-refractivity contribution < 1.29 is 9.66 Å². The van der Waals surface area contributed by atoms with E-state index in [4.69, 9.17) is 4.74 Å². The second-order valence-corrected chi connectivity index (χ2v) is 5.36. The van der Waals surface area contributed by atoms with Crippen LogP contribution in [0, 0.1) is 29.9 Å². The first-order valence-electron chi connectivity index (χ1n) is 6.45. The molecule has 19 heavy (non-hydrogen) atoms. The van der Waals surface area contributed by atoms with Crippen LogP contribution >= 0.6 is 12.6 Å². The van der Waals surface area contributed by atoms with Crippen LogP contribution in [0.25, 0.3) is 0 Å².